The van der Waals surface area contributed by atoms with Crippen molar-refractivity contribution in [2.45, 2.75) is 43.0 Å². The first-order valence-electron chi connectivity index (χ1n) is 14.9. The zero-order valence-corrected chi connectivity index (χ0v) is 27.8. The summed E-state index contributed by atoms with van der Waals surface area (Å²) in [5.74, 6) is 0.416. The Kier molecular flexibility index (Phi) is 12.2. The molecule has 3 aromatic carbocycles. The molecule has 0 unspecified atom stereocenters. The molecule has 46 heavy (non-hydrogen) atoms. The van der Waals surface area contributed by atoms with Crippen molar-refractivity contribution in [1.82, 2.24) is 9.62 Å². The minimum Gasteiger partial charge on any atom is -0.497 e. The standard InChI is InChI=1S/C26H31N3O4S2.C8H9NO2/c1-3-19-6-4-8-22(16-19)28-21-12-14-29(15-13-21)35(31,32)25-11-10-24(34-25)18-27-26(30)20-7-5-9-23(17-20)33-2;1-11-7-5-3-2-4-6(7)8(9)10/h4-11,16-17,21,28H,3,12-15,18H2,1-2H3,(H,27,30);2-5H,1H3,(H2,9,10). The molecule has 0 atom stereocenters. The van der Waals surface area contributed by atoms with Crippen LogP contribution >= 0.6 is 11.3 Å². The number of amides is 2. The Hall–Kier alpha value is -4.39. The van der Waals surface area contributed by atoms with Gasteiger partial charge >= 0.3 is 0 Å². The van der Waals surface area contributed by atoms with Crippen LogP contribution in [0.5, 0.6) is 11.5 Å². The van der Waals surface area contributed by atoms with Crippen molar-refractivity contribution in [3.63, 3.8) is 0 Å². The lowest BCUT2D eigenvalue weighted by atomic mass is 10.1. The summed E-state index contributed by atoms with van der Waals surface area (Å²) in [5, 5.41) is 6.40. The van der Waals surface area contributed by atoms with Crippen LogP contribution in [0.3, 0.4) is 0 Å². The van der Waals surface area contributed by atoms with Crippen LogP contribution in [0.15, 0.2) is 89.1 Å². The normalized spacial score (nSPS) is 13.6. The average Bonchev–Trinajstić information content (AvgIpc) is 3.58. The Morgan fingerprint density at radius 3 is 2.35 bits per heavy atom. The molecule has 0 aliphatic carbocycles. The van der Waals surface area contributed by atoms with E-state index >= 15 is 0 Å². The van der Waals surface area contributed by atoms with Crippen LogP contribution < -0.4 is 25.8 Å². The minimum atomic E-state index is -3.55. The van der Waals surface area contributed by atoms with Crippen molar-refractivity contribution >= 4 is 38.9 Å². The number of benzene rings is 3. The summed E-state index contributed by atoms with van der Waals surface area (Å²) in [6, 6.07) is 25.8. The summed E-state index contributed by atoms with van der Waals surface area (Å²) in [7, 11) is -0.501. The van der Waals surface area contributed by atoms with E-state index in [-0.39, 0.29) is 18.5 Å². The lowest BCUT2D eigenvalue weighted by molar-refractivity contribution is 0.0949. The second-order valence-electron chi connectivity index (χ2n) is 10.6. The topological polar surface area (TPSA) is 140 Å². The Labute approximate surface area is 274 Å². The predicted molar refractivity (Wildman–Crippen MR) is 181 cm³/mol. The number of ether oxygens (including phenoxy) is 2. The maximum atomic E-state index is 13.2. The van der Waals surface area contributed by atoms with Crippen molar-refractivity contribution < 1.29 is 27.5 Å². The molecule has 0 bridgehead atoms. The van der Waals surface area contributed by atoms with Gasteiger partial charge < -0.3 is 25.8 Å². The highest BCUT2D eigenvalue weighted by Crippen LogP contribution is 2.28. The third-order valence-corrected chi connectivity index (χ3v) is 11.0. The van der Waals surface area contributed by atoms with Crippen LogP contribution in [0.4, 0.5) is 5.69 Å². The number of thiophene rings is 1. The Morgan fingerprint density at radius 2 is 1.67 bits per heavy atom. The van der Waals surface area contributed by atoms with Gasteiger partial charge in [-0.25, -0.2) is 8.42 Å². The Balaban J connectivity index is 0.000000369. The van der Waals surface area contributed by atoms with Crippen molar-refractivity contribution in [3.05, 3.63) is 106 Å². The molecule has 12 heteroatoms. The van der Waals surface area contributed by atoms with Gasteiger partial charge in [0, 0.05) is 35.3 Å². The van der Waals surface area contributed by atoms with Crippen LogP contribution in [0.2, 0.25) is 0 Å². The fraction of sp³-hybridized carbons (Fsp3) is 0.294. The molecule has 1 saturated heterocycles. The van der Waals surface area contributed by atoms with Crippen LogP contribution in [0.1, 0.15) is 50.9 Å². The molecule has 4 N–H and O–H groups in total. The highest BCUT2D eigenvalue weighted by molar-refractivity contribution is 7.91. The number of carbonyl (C=O) groups is 2. The van der Waals surface area contributed by atoms with E-state index in [0.29, 0.717) is 39.9 Å². The molecule has 2 heterocycles. The van der Waals surface area contributed by atoms with Crippen molar-refractivity contribution in [3.8, 4) is 11.5 Å². The smallest absolute Gasteiger partial charge is 0.252 e. The van der Waals surface area contributed by atoms with E-state index in [4.69, 9.17) is 15.2 Å². The summed E-state index contributed by atoms with van der Waals surface area (Å²) < 4.78 is 38.3. The largest absolute Gasteiger partial charge is 0.497 e. The number of carbonyl (C=O) groups excluding carboxylic acids is 2. The number of anilines is 1. The van der Waals surface area contributed by atoms with E-state index in [1.54, 1.807) is 72.1 Å². The van der Waals surface area contributed by atoms with E-state index in [9.17, 15) is 18.0 Å². The molecule has 1 aliphatic rings. The third kappa shape index (κ3) is 9.09. The second kappa shape index (κ2) is 16.3. The van der Waals surface area contributed by atoms with E-state index in [2.05, 4.69) is 35.8 Å². The van der Waals surface area contributed by atoms with Gasteiger partial charge in [-0.15, -0.1) is 11.3 Å². The van der Waals surface area contributed by atoms with Crippen LogP contribution in [-0.2, 0) is 23.0 Å². The first-order valence-corrected chi connectivity index (χ1v) is 17.2. The van der Waals surface area contributed by atoms with Gasteiger partial charge in [0.1, 0.15) is 15.7 Å². The highest BCUT2D eigenvalue weighted by atomic mass is 32.2. The molecule has 10 nitrogen and oxygen atoms in total. The summed E-state index contributed by atoms with van der Waals surface area (Å²) in [4.78, 5) is 23.9. The maximum absolute atomic E-state index is 13.2. The zero-order chi connectivity index (χ0) is 33.1. The summed E-state index contributed by atoms with van der Waals surface area (Å²) in [6.07, 6.45) is 2.49. The van der Waals surface area contributed by atoms with E-state index in [1.807, 2.05) is 6.07 Å². The van der Waals surface area contributed by atoms with Gasteiger partial charge in [0.25, 0.3) is 21.8 Å². The molecule has 0 spiro atoms. The van der Waals surface area contributed by atoms with Crippen molar-refractivity contribution in [2.75, 3.05) is 32.6 Å². The first-order chi connectivity index (χ1) is 22.1. The number of hydrogen-bond donors (Lipinski definition) is 3. The highest BCUT2D eigenvalue weighted by Gasteiger charge is 2.30. The van der Waals surface area contributed by atoms with Gasteiger partial charge in [0.15, 0.2) is 0 Å². The van der Waals surface area contributed by atoms with Gasteiger partial charge in [-0.3, -0.25) is 9.59 Å². The maximum Gasteiger partial charge on any atom is 0.252 e. The molecule has 1 aliphatic heterocycles. The molecule has 5 rings (SSSR count). The molecule has 1 aromatic heterocycles. The number of aryl methyl sites for hydroxylation is 1. The fourth-order valence-corrected chi connectivity index (χ4v) is 7.88. The summed E-state index contributed by atoms with van der Waals surface area (Å²) in [6.45, 7) is 3.35. The Bertz CT molecular complexity index is 1730. The van der Waals surface area contributed by atoms with E-state index in [0.717, 1.165) is 29.8 Å². The zero-order valence-electron chi connectivity index (χ0n) is 26.2. The van der Waals surface area contributed by atoms with Crippen molar-refractivity contribution in [2.24, 2.45) is 5.73 Å². The fourth-order valence-electron chi connectivity index (χ4n) is 4.96. The minimum absolute atomic E-state index is 0.235. The van der Waals surface area contributed by atoms with Gasteiger partial charge in [-0.05, 0) is 79.4 Å². The van der Waals surface area contributed by atoms with Crippen LogP contribution in [0, 0.1) is 0 Å². The van der Waals surface area contributed by atoms with E-state index < -0.39 is 15.9 Å². The van der Waals surface area contributed by atoms with Gasteiger partial charge in [0.2, 0.25) is 0 Å². The molecular formula is C34H40N4O6S2. The summed E-state index contributed by atoms with van der Waals surface area (Å²) >= 11 is 1.20. The number of nitrogens with two attached hydrogens (primary N) is 1. The number of sulfonamides is 1. The third-order valence-electron chi connectivity index (χ3n) is 7.52. The number of para-hydroxylation sites is 1. The Morgan fingerprint density at radius 1 is 0.935 bits per heavy atom. The molecule has 4 aromatic rings. The number of nitrogens with one attached hydrogen (secondary N) is 2. The lowest BCUT2D eigenvalue weighted by Gasteiger charge is -2.31. The van der Waals surface area contributed by atoms with Crippen LogP contribution in [0.25, 0.3) is 0 Å². The lowest BCUT2D eigenvalue weighted by Crippen LogP contribution is -2.42. The SMILES string of the molecule is CCc1cccc(NC2CCN(S(=O)(=O)c3ccc(CNC(=O)c4cccc(OC)c4)s3)CC2)c1.COc1ccccc1C(N)=O. The quantitative estimate of drug-likeness (QED) is 0.198. The molecule has 244 valence electrons. The van der Waals surface area contributed by atoms with Gasteiger partial charge in [-0.2, -0.15) is 4.31 Å². The number of hydrogen-bond acceptors (Lipinski definition) is 8. The number of methoxy groups -OCH3 is 2. The monoisotopic (exact) mass is 664 g/mol. The first kappa shape index (κ1) is 34.5. The molecule has 1 fully saturated rings. The van der Waals surface area contributed by atoms with Gasteiger partial charge in [0.05, 0.1) is 26.3 Å². The summed E-state index contributed by atoms with van der Waals surface area (Å²) in [5.41, 5.74) is 8.34. The molecule has 0 saturated carbocycles. The van der Waals surface area contributed by atoms with Crippen LogP contribution in [-0.4, -0.2) is 57.9 Å². The number of piperidine rings is 1. The number of nitrogens with zero attached hydrogens (tertiary/aromatic N) is 1. The second-order valence-corrected chi connectivity index (χ2v) is 13.9. The average molecular weight is 665 g/mol. The van der Waals surface area contributed by atoms with Crippen molar-refractivity contribution in [1.29, 1.82) is 0 Å². The molecule has 2 amide bonds. The predicted octanol–water partition coefficient (Wildman–Crippen LogP) is 5.31. The van der Waals surface area contributed by atoms with Gasteiger partial charge in [-0.1, -0.05) is 37.3 Å². The molecular weight excluding hydrogens is 625 g/mol. The molecule has 0 radical (unpaired) electrons. The number of primary amides is 1. The van der Waals surface area contributed by atoms with E-state index in [1.165, 1.54) is 24.0 Å². The number of rotatable bonds is 11.